The van der Waals surface area contributed by atoms with Gasteiger partial charge in [-0.15, -0.1) is 0 Å². The molecule has 0 bridgehead atoms. The number of aromatic nitrogens is 2. The van der Waals surface area contributed by atoms with Crippen LogP contribution in [0.15, 0.2) is 33.9 Å². The molecule has 7 N–H and O–H groups in total. The molecule has 1 aromatic heterocycles. The van der Waals surface area contributed by atoms with Crippen molar-refractivity contribution in [1.82, 2.24) is 9.97 Å². The number of carboxylic acids is 1. The Morgan fingerprint density at radius 2 is 1.64 bits per heavy atom. The minimum absolute atomic E-state index is 0.00911. The topological polar surface area (TPSA) is 169 Å². The van der Waals surface area contributed by atoms with E-state index in [9.17, 15) is 19.5 Å². The number of aromatic amines is 2. The van der Waals surface area contributed by atoms with Crippen molar-refractivity contribution >= 4 is 5.97 Å². The van der Waals surface area contributed by atoms with Gasteiger partial charge in [0.1, 0.15) is 5.69 Å². The van der Waals surface area contributed by atoms with Gasteiger partial charge >= 0.3 is 11.7 Å². The third-order valence-electron chi connectivity index (χ3n) is 3.32. The number of rotatable bonds is 6. The van der Waals surface area contributed by atoms with Crippen LogP contribution in [0.5, 0.6) is 0 Å². The van der Waals surface area contributed by atoms with E-state index in [0.717, 1.165) is 11.1 Å². The predicted molar refractivity (Wildman–Crippen MR) is 90.6 cm³/mol. The van der Waals surface area contributed by atoms with E-state index >= 15 is 0 Å². The molecule has 0 spiro atoms. The maximum atomic E-state index is 11.8. The summed E-state index contributed by atoms with van der Waals surface area (Å²) in [6.07, 6.45) is 0.525. The number of carbonyl (C=O) groups is 1. The normalized spacial score (nSPS) is 10.0. The second-order valence-corrected chi connectivity index (χ2v) is 5.01. The number of aryl methyl sites for hydroxylation is 1. The predicted octanol–water partition coefficient (Wildman–Crippen LogP) is -1.02. The van der Waals surface area contributed by atoms with Crippen molar-refractivity contribution in [1.29, 1.82) is 0 Å². The average Bonchev–Trinajstić information content (AvgIpc) is 2.60. The van der Waals surface area contributed by atoms with Crippen molar-refractivity contribution < 1.29 is 20.1 Å². The number of aliphatic hydroxyl groups is 2. The number of H-pyrrole nitrogens is 2. The van der Waals surface area contributed by atoms with E-state index in [1.807, 2.05) is 4.98 Å². The number of aromatic carboxylic acids is 1. The molecule has 0 radical (unpaired) electrons. The molecule has 1 aromatic carbocycles. The fourth-order valence-corrected chi connectivity index (χ4v) is 2.15. The van der Waals surface area contributed by atoms with Gasteiger partial charge in [0.05, 0.1) is 13.2 Å². The lowest BCUT2D eigenvalue weighted by Crippen LogP contribution is -2.30. The quantitative estimate of drug-likeness (QED) is 0.387. The summed E-state index contributed by atoms with van der Waals surface area (Å²) >= 11 is 0. The second-order valence-electron chi connectivity index (χ2n) is 5.01. The first-order chi connectivity index (χ1) is 11.9. The molecule has 2 rings (SSSR count). The summed E-state index contributed by atoms with van der Waals surface area (Å²) in [5.74, 6) is -1.36. The molecule has 0 aliphatic heterocycles. The van der Waals surface area contributed by atoms with Gasteiger partial charge in [-0.25, -0.2) is 9.59 Å². The van der Waals surface area contributed by atoms with Gasteiger partial charge in [-0.2, -0.15) is 0 Å². The molecule has 0 amide bonds. The lowest BCUT2D eigenvalue weighted by molar-refractivity contribution is 0.0688. The molecule has 0 fully saturated rings. The van der Waals surface area contributed by atoms with E-state index in [0.29, 0.717) is 13.0 Å². The molecular weight excluding hydrogens is 330 g/mol. The minimum Gasteiger partial charge on any atom is -0.477 e. The Hall–Kier alpha value is -2.75. The van der Waals surface area contributed by atoms with Crippen LogP contribution < -0.4 is 17.0 Å². The lowest BCUT2D eigenvalue weighted by atomic mass is 10.00. The summed E-state index contributed by atoms with van der Waals surface area (Å²) in [7, 11) is 0. The van der Waals surface area contributed by atoms with Crippen LogP contribution in [0.4, 0.5) is 0 Å². The zero-order valence-corrected chi connectivity index (χ0v) is 13.5. The number of hydrogen-bond donors (Lipinski definition) is 6. The summed E-state index contributed by atoms with van der Waals surface area (Å²) in [6.45, 7) is 0.337. The molecule has 0 aliphatic carbocycles. The van der Waals surface area contributed by atoms with Gasteiger partial charge in [0.15, 0.2) is 0 Å². The molecule has 0 saturated heterocycles. The fraction of sp³-hybridized carbons (Fsp3) is 0.312. The van der Waals surface area contributed by atoms with Gasteiger partial charge in [-0.1, -0.05) is 24.3 Å². The van der Waals surface area contributed by atoms with Gasteiger partial charge < -0.3 is 26.0 Å². The molecule has 25 heavy (non-hydrogen) atoms. The van der Waals surface area contributed by atoms with Crippen LogP contribution >= 0.6 is 0 Å². The zero-order valence-electron chi connectivity index (χ0n) is 13.5. The molecule has 9 nitrogen and oxygen atoms in total. The number of carboxylic acid groups (broad SMARTS) is 1. The second kappa shape index (κ2) is 10.2. The van der Waals surface area contributed by atoms with E-state index in [1.54, 1.807) is 24.3 Å². The third kappa shape index (κ3) is 5.99. The molecular formula is C16H21N3O6. The van der Waals surface area contributed by atoms with Crippen molar-refractivity contribution in [3.05, 3.63) is 67.5 Å². The highest BCUT2D eigenvalue weighted by Crippen LogP contribution is 2.12. The Kier molecular flexibility index (Phi) is 8.27. The summed E-state index contributed by atoms with van der Waals surface area (Å²) in [4.78, 5) is 38.1. The Morgan fingerprint density at radius 3 is 2.16 bits per heavy atom. The number of nitrogens with one attached hydrogen (secondary N) is 2. The van der Waals surface area contributed by atoms with Crippen LogP contribution in [0.1, 0.15) is 27.2 Å². The zero-order chi connectivity index (χ0) is 18.8. The van der Waals surface area contributed by atoms with E-state index in [4.69, 9.17) is 15.9 Å². The minimum atomic E-state index is -1.36. The number of aliphatic hydroxyl groups excluding tert-OH is 2. The Balaban J connectivity index is 0.000000705. The first-order valence-corrected chi connectivity index (χ1v) is 7.51. The van der Waals surface area contributed by atoms with Crippen molar-refractivity contribution in [2.24, 2.45) is 5.73 Å². The molecule has 0 unspecified atom stereocenters. The van der Waals surface area contributed by atoms with Crippen LogP contribution in [-0.4, -0.2) is 44.4 Å². The summed E-state index contributed by atoms with van der Waals surface area (Å²) < 4.78 is 0. The first-order valence-electron chi connectivity index (χ1n) is 7.51. The van der Waals surface area contributed by atoms with Crippen molar-refractivity contribution in [3.8, 4) is 0 Å². The summed E-state index contributed by atoms with van der Waals surface area (Å²) in [5.41, 5.74) is 4.37. The smallest absolute Gasteiger partial charge is 0.352 e. The van der Waals surface area contributed by atoms with Crippen LogP contribution in [0.2, 0.25) is 0 Å². The SMILES string of the molecule is NCCO.O=C(O)c1[nH]c(=O)[nH]c(=O)c1CCc1ccccc1CO. The van der Waals surface area contributed by atoms with E-state index in [2.05, 4.69) is 4.98 Å². The van der Waals surface area contributed by atoms with Gasteiger partial charge in [-0.3, -0.25) is 9.78 Å². The van der Waals surface area contributed by atoms with Crippen LogP contribution in [0.25, 0.3) is 0 Å². The largest absolute Gasteiger partial charge is 0.477 e. The van der Waals surface area contributed by atoms with Gasteiger partial charge in [0, 0.05) is 12.1 Å². The monoisotopic (exact) mass is 351 g/mol. The molecule has 9 heteroatoms. The highest BCUT2D eigenvalue weighted by Gasteiger charge is 2.16. The van der Waals surface area contributed by atoms with Crippen molar-refractivity contribution in [2.75, 3.05) is 13.2 Å². The van der Waals surface area contributed by atoms with Crippen molar-refractivity contribution in [3.63, 3.8) is 0 Å². The fourth-order valence-electron chi connectivity index (χ4n) is 2.15. The molecule has 0 aliphatic rings. The number of benzene rings is 1. The van der Waals surface area contributed by atoms with Crippen molar-refractivity contribution in [2.45, 2.75) is 19.4 Å². The first kappa shape index (κ1) is 20.3. The highest BCUT2D eigenvalue weighted by atomic mass is 16.4. The standard InChI is InChI=1S/C14H14N2O5.C2H7NO/c17-7-9-4-2-1-3-8(9)5-6-10-11(13(19)20)15-14(21)16-12(10)18;3-1-2-4/h1-4,17H,5-7H2,(H,19,20)(H2,15,16,18,21);4H,1-3H2. The number of nitrogens with two attached hydrogens (primary N) is 1. The van der Waals surface area contributed by atoms with E-state index in [1.165, 1.54) is 0 Å². The third-order valence-corrected chi connectivity index (χ3v) is 3.32. The molecule has 136 valence electrons. The van der Waals surface area contributed by atoms with Crippen LogP contribution in [-0.2, 0) is 19.4 Å². The van der Waals surface area contributed by atoms with Gasteiger partial charge in [0.25, 0.3) is 5.56 Å². The molecule has 0 atom stereocenters. The Labute approximate surface area is 142 Å². The summed E-state index contributed by atoms with van der Waals surface area (Å²) in [5, 5.41) is 26.0. The summed E-state index contributed by atoms with van der Waals surface area (Å²) in [6, 6.07) is 7.13. The molecule has 2 aromatic rings. The van der Waals surface area contributed by atoms with E-state index < -0.39 is 22.9 Å². The van der Waals surface area contributed by atoms with Gasteiger partial charge in [0.2, 0.25) is 0 Å². The molecule has 0 saturated carbocycles. The average molecular weight is 351 g/mol. The highest BCUT2D eigenvalue weighted by molar-refractivity contribution is 5.86. The van der Waals surface area contributed by atoms with Crippen LogP contribution in [0.3, 0.4) is 0 Å². The van der Waals surface area contributed by atoms with Crippen LogP contribution in [0, 0.1) is 0 Å². The van der Waals surface area contributed by atoms with Gasteiger partial charge in [-0.05, 0) is 24.0 Å². The Morgan fingerprint density at radius 1 is 1.04 bits per heavy atom. The maximum Gasteiger partial charge on any atom is 0.352 e. The molecule has 1 heterocycles. The Bertz CT molecular complexity index is 810. The lowest BCUT2D eigenvalue weighted by Gasteiger charge is -2.08. The van der Waals surface area contributed by atoms with E-state index in [-0.39, 0.29) is 25.2 Å². The maximum absolute atomic E-state index is 11.8. The number of hydrogen-bond acceptors (Lipinski definition) is 6.